The van der Waals surface area contributed by atoms with Crippen molar-refractivity contribution < 1.29 is 14.3 Å². The molecule has 0 aliphatic carbocycles. The maximum absolute atomic E-state index is 12.3. The average molecular weight is 271 g/mol. The molecule has 0 aromatic rings. The van der Waals surface area contributed by atoms with Gasteiger partial charge in [-0.2, -0.15) is 0 Å². The fraction of sp³-hybridized carbons (Fsp3) is 0.846. The number of carbonyl (C=O) groups is 2. The Labute approximate surface area is 114 Å². The van der Waals surface area contributed by atoms with Gasteiger partial charge in [-0.05, 0) is 32.9 Å². The van der Waals surface area contributed by atoms with Crippen LogP contribution in [0.15, 0.2) is 0 Å². The normalized spacial score (nSPS) is 17.8. The molecule has 2 amide bonds. The van der Waals surface area contributed by atoms with Gasteiger partial charge in [-0.15, -0.1) is 0 Å². The van der Waals surface area contributed by atoms with E-state index in [0.717, 1.165) is 25.9 Å². The van der Waals surface area contributed by atoms with Crippen molar-refractivity contribution in [2.75, 3.05) is 46.9 Å². The fourth-order valence-electron chi connectivity index (χ4n) is 2.27. The molecule has 1 heterocycles. The van der Waals surface area contributed by atoms with E-state index in [2.05, 4.69) is 10.6 Å². The van der Waals surface area contributed by atoms with Crippen LogP contribution in [-0.4, -0.2) is 63.7 Å². The molecular weight excluding hydrogens is 246 g/mol. The maximum atomic E-state index is 12.3. The molecule has 0 aromatic heterocycles. The molecule has 6 heteroatoms. The van der Waals surface area contributed by atoms with Crippen LogP contribution >= 0.6 is 0 Å². The lowest BCUT2D eigenvalue weighted by Crippen LogP contribution is -2.51. The Bertz CT molecular complexity index is 309. The van der Waals surface area contributed by atoms with Crippen molar-refractivity contribution in [2.24, 2.45) is 5.41 Å². The number of ether oxygens (including phenoxy) is 1. The number of likely N-dealkylation sites (N-methyl/N-ethyl adjacent to an activating group) is 1. The number of hydrogen-bond acceptors (Lipinski definition) is 4. The fourth-order valence-corrected chi connectivity index (χ4v) is 2.27. The number of methoxy groups -OCH3 is 1. The lowest BCUT2D eigenvalue weighted by atomic mass is 9.78. The van der Waals surface area contributed by atoms with Crippen LogP contribution < -0.4 is 10.6 Å². The monoisotopic (exact) mass is 271 g/mol. The highest BCUT2D eigenvalue weighted by Gasteiger charge is 2.39. The lowest BCUT2D eigenvalue weighted by Gasteiger charge is -2.35. The van der Waals surface area contributed by atoms with E-state index in [1.54, 1.807) is 19.1 Å². The standard InChI is InChI=1S/C13H25N3O3/c1-4-16(2)11(17)9-15-12(18)13(10-19-3)5-7-14-8-6-13/h14H,4-10H2,1-3H3,(H,15,18). The highest BCUT2D eigenvalue weighted by atomic mass is 16.5. The molecule has 1 saturated heterocycles. The molecule has 19 heavy (non-hydrogen) atoms. The van der Waals surface area contributed by atoms with Crippen LogP contribution in [0.5, 0.6) is 0 Å². The van der Waals surface area contributed by atoms with Gasteiger partial charge in [0.2, 0.25) is 11.8 Å². The quantitative estimate of drug-likeness (QED) is 0.689. The summed E-state index contributed by atoms with van der Waals surface area (Å²) in [7, 11) is 3.33. The van der Waals surface area contributed by atoms with Crippen LogP contribution in [0.1, 0.15) is 19.8 Å². The van der Waals surface area contributed by atoms with Gasteiger partial charge in [0.1, 0.15) is 0 Å². The maximum Gasteiger partial charge on any atom is 0.241 e. The van der Waals surface area contributed by atoms with Crippen molar-refractivity contribution in [1.82, 2.24) is 15.5 Å². The van der Waals surface area contributed by atoms with Crippen LogP contribution in [0.25, 0.3) is 0 Å². The third kappa shape index (κ3) is 4.18. The largest absolute Gasteiger partial charge is 0.384 e. The molecular formula is C13H25N3O3. The summed E-state index contributed by atoms with van der Waals surface area (Å²) in [6.45, 7) is 4.61. The summed E-state index contributed by atoms with van der Waals surface area (Å²) in [5, 5.41) is 5.99. The first kappa shape index (κ1) is 15.9. The first-order valence-corrected chi connectivity index (χ1v) is 6.77. The molecule has 2 N–H and O–H groups in total. The minimum atomic E-state index is -0.495. The van der Waals surface area contributed by atoms with E-state index in [9.17, 15) is 9.59 Å². The van der Waals surface area contributed by atoms with Gasteiger partial charge in [-0.25, -0.2) is 0 Å². The van der Waals surface area contributed by atoms with E-state index in [0.29, 0.717) is 13.2 Å². The number of amides is 2. The molecule has 0 aromatic carbocycles. The molecule has 1 rings (SSSR count). The summed E-state index contributed by atoms with van der Waals surface area (Å²) < 4.78 is 5.20. The van der Waals surface area contributed by atoms with E-state index >= 15 is 0 Å². The first-order valence-electron chi connectivity index (χ1n) is 6.77. The Morgan fingerprint density at radius 2 is 2.00 bits per heavy atom. The van der Waals surface area contributed by atoms with Crippen molar-refractivity contribution in [3.8, 4) is 0 Å². The predicted molar refractivity (Wildman–Crippen MR) is 72.7 cm³/mol. The van der Waals surface area contributed by atoms with Crippen molar-refractivity contribution >= 4 is 11.8 Å². The van der Waals surface area contributed by atoms with E-state index in [1.165, 1.54) is 0 Å². The second-order valence-electron chi connectivity index (χ2n) is 5.05. The summed E-state index contributed by atoms with van der Waals surface area (Å²) in [6.07, 6.45) is 1.48. The van der Waals surface area contributed by atoms with Gasteiger partial charge in [-0.3, -0.25) is 9.59 Å². The van der Waals surface area contributed by atoms with Crippen LogP contribution in [-0.2, 0) is 14.3 Å². The van der Waals surface area contributed by atoms with Gasteiger partial charge >= 0.3 is 0 Å². The summed E-state index contributed by atoms with van der Waals surface area (Å²) in [5.74, 6) is -0.147. The Balaban J connectivity index is 2.55. The van der Waals surface area contributed by atoms with Crippen molar-refractivity contribution in [3.63, 3.8) is 0 Å². The number of nitrogens with one attached hydrogen (secondary N) is 2. The third-order valence-corrected chi connectivity index (χ3v) is 3.76. The van der Waals surface area contributed by atoms with Gasteiger partial charge in [0.05, 0.1) is 18.6 Å². The van der Waals surface area contributed by atoms with Gasteiger partial charge in [0.25, 0.3) is 0 Å². The van der Waals surface area contributed by atoms with Crippen molar-refractivity contribution in [3.05, 3.63) is 0 Å². The summed E-state index contributed by atoms with van der Waals surface area (Å²) in [5.41, 5.74) is -0.495. The first-order chi connectivity index (χ1) is 9.05. The van der Waals surface area contributed by atoms with Gasteiger partial charge in [-0.1, -0.05) is 0 Å². The van der Waals surface area contributed by atoms with Crippen LogP contribution in [0, 0.1) is 5.41 Å². The SMILES string of the molecule is CCN(C)C(=O)CNC(=O)C1(COC)CCNCC1. The zero-order valence-corrected chi connectivity index (χ0v) is 12.1. The summed E-state index contributed by atoms with van der Waals surface area (Å²) >= 11 is 0. The Morgan fingerprint density at radius 3 is 2.53 bits per heavy atom. The van der Waals surface area contributed by atoms with Crippen LogP contribution in [0.4, 0.5) is 0 Å². The Hall–Kier alpha value is -1.14. The van der Waals surface area contributed by atoms with E-state index in [-0.39, 0.29) is 18.4 Å². The molecule has 1 aliphatic heterocycles. The average Bonchev–Trinajstić information content (AvgIpc) is 2.44. The van der Waals surface area contributed by atoms with Crippen LogP contribution in [0.2, 0.25) is 0 Å². The van der Waals surface area contributed by atoms with Gasteiger partial charge in [0.15, 0.2) is 0 Å². The molecule has 1 fully saturated rings. The third-order valence-electron chi connectivity index (χ3n) is 3.76. The molecule has 0 unspecified atom stereocenters. The Kier molecular flexibility index (Phi) is 6.24. The minimum absolute atomic E-state index is 0.0576. The second kappa shape index (κ2) is 7.45. The van der Waals surface area contributed by atoms with E-state index in [4.69, 9.17) is 4.74 Å². The van der Waals surface area contributed by atoms with Gasteiger partial charge < -0.3 is 20.3 Å². The molecule has 0 bridgehead atoms. The van der Waals surface area contributed by atoms with E-state index in [1.807, 2.05) is 6.92 Å². The number of carbonyl (C=O) groups excluding carboxylic acids is 2. The molecule has 1 aliphatic rings. The van der Waals surface area contributed by atoms with E-state index < -0.39 is 5.41 Å². The summed E-state index contributed by atoms with van der Waals surface area (Å²) in [6, 6.07) is 0. The minimum Gasteiger partial charge on any atom is -0.384 e. The molecule has 0 saturated carbocycles. The number of hydrogen-bond donors (Lipinski definition) is 2. The number of nitrogens with zero attached hydrogens (tertiary/aromatic N) is 1. The summed E-state index contributed by atoms with van der Waals surface area (Å²) in [4.78, 5) is 25.6. The smallest absolute Gasteiger partial charge is 0.241 e. The predicted octanol–water partition coefficient (Wildman–Crippen LogP) is -0.403. The topological polar surface area (TPSA) is 70.7 Å². The highest BCUT2D eigenvalue weighted by molar-refractivity contribution is 5.88. The number of rotatable bonds is 6. The number of piperidine rings is 1. The second-order valence-corrected chi connectivity index (χ2v) is 5.05. The Morgan fingerprint density at radius 1 is 1.37 bits per heavy atom. The highest BCUT2D eigenvalue weighted by Crippen LogP contribution is 2.29. The molecule has 0 radical (unpaired) electrons. The molecule has 110 valence electrons. The molecule has 0 spiro atoms. The van der Waals surface area contributed by atoms with Gasteiger partial charge in [0, 0.05) is 20.7 Å². The zero-order valence-electron chi connectivity index (χ0n) is 12.1. The van der Waals surface area contributed by atoms with Crippen LogP contribution in [0.3, 0.4) is 0 Å². The molecule has 6 nitrogen and oxygen atoms in total. The zero-order chi connectivity index (χ0) is 14.3. The molecule has 0 atom stereocenters. The lowest BCUT2D eigenvalue weighted by molar-refractivity contribution is -0.139. The van der Waals surface area contributed by atoms with Crippen molar-refractivity contribution in [1.29, 1.82) is 0 Å². The van der Waals surface area contributed by atoms with Crippen molar-refractivity contribution in [2.45, 2.75) is 19.8 Å².